The number of nitrogens with two attached hydrogens (primary N) is 1. The van der Waals surface area contributed by atoms with Crippen molar-refractivity contribution in [3.63, 3.8) is 0 Å². The summed E-state index contributed by atoms with van der Waals surface area (Å²) < 4.78 is 0. The van der Waals surface area contributed by atoms with E-state index in [1.165, 1.54) is 29.9 Å². The van der Waals surface area contributed by atoms with Crippen LogP contribution < -0.4 is 11.1 Å². The van der Waals surface area contributed by atoms with Crippen LogP contribution in [-0.2, 0) is 0 Å². The van der Waals surface area contributed by atoms with Gasteiger partial charge in [0.2, 0.25) is 0 Å². The van der Waals surface area contributed by atoms with E-state index in [1.54, 1.807) is 0 Å². The maximum Gasteiger partial charge on any atom is 0.0603 e. The van der Waals surface area contributed by atoms with Crippen molar-refractivity contribution >= 4 is 23.1 Å². The predicted molar refractivity (Wildman–Crippen MR) is 74.1 cm³/mol. The standard InChI is InChI=1S/C13H20N2S/c1-10-3-2-4-12(14)13(10)15-9-11-5-7-16-8-6-11/h2-4,11,15H,5-9,14H2,1H3. The SMILES string of the molecule is Cc1cccc(N)c1NCC1CCSCC1. The molecule has 0 spiro atoms. The van der Waals surface area contributed by atoms with Gasteiger partial charge in [-0.1, -0.05) is 12.1 Å². The van der Waals surface area contributed by atoms with E-state index < -0.39 is 0 Å². The fraction of sp³-hybridized carbons (Fsp3) is 0.538. The molecule has 0 aliphatic carbocycles. The molecule has 2 rings (SSSR count). The molecule has 3 heteroatoms. The molecule has 88 valence electrons. The second-order valence-corrected chi connectivity index (χ2v) is 5.70. The monoisotopic (exact) mass is 236 g/mol. The van der Waals surface area contributed by atoms with E-state index >= 15 is 0 Å². The second kappa shape index (κ2) is 5.48. The molecule has 16 heavy (non-hydrogen) atoms. The third-order valence-electron chi connectivity index (χ3n) is 3.21. The molecule has 0 radical (unpaired) electrons. The molecule has 1 saturated heterocycles. The second-order valence-electron chi connectivity index (χ2n) is 4.48. The number of para-hydroxylation sites is 1. The Kier molecular flexibility index (Phi) is 3.99. The average molecular weight is 236 g/mol. The highest BCUT2D eigenvalue weighted by molar-refractivity contribution is 7.99. The van der Waals surface area contributed by atoms with Crippen LogP contribution in [0.4, 0.5) is 11.4 Å². The topological polar surface area (TPSA) is 38.0 Å². The molecule has 0 amide bonds. The van der Waals surface area contributed by atoms with Gasteiger partial charge in [0.15, 0.2) is 0 Å². The van der Waals surface area contributed by atoms with Crippen LogP contribution in [0.3, 0.4) is 0 Å². The molecule has 0 saturated carbocycles. The van der Waals surface area contributed by atoms with Crippen molar-refractivity contribution in [1.82, 2.24) is 0 Å². The molecular weight excluding hydrogens is 216 g/mol. The van der Waals surface area contributed by atoms with Crippen LogP contribution in [0.15, 0.2) is 18.2 Å². The molecule has 1 aromatic carbocycles. The molecule has 1 fully saturated rings. The lowest BCUT2D eigenvalue weighted by Gasteiger charge is -2.23. The van der Waals surface area contributed by atoms with E-state index in [9.17, 15) is 0 Å². The number of nitrogen functional groups attached to an aromatic ring is 1. The number of aryl methyl sites for hydroxylation is 1. The van der Waals surface area contributed by atoms with Crippen molar-refractivity contribution in [2.75, 3.05) is 29.1 Å². The van der Waals surface area contributed by atoms with Crippen LogP contribution in [0.25, 0.3) is 0 Å². The summed E-state index contributed by atoms with van der Waals surface area (Å²) in [7, 11) is 0. The van der Waals surface area contributed by atoms with Crippen LogP contribution in [0.1, 0.15) is 18.4 Å². The molecule has 0 bridgehead atoms. The van der Waals surface area contributed by atoms with Gasteiger partial charge in [-0.05, 0) is 48.8 Å². The Morgan fingerprint density at radius 3 is 2.81 bits per heavy atom. The zero-order valence-corrected chi connectivity index (χ0v) is 10.6. The molecule has 0 aromatic heterocycles. The summed E-state index contributed by atoms with van der Waals surface area (Å²) in [6, 6.07) is 6.08. The Hall–Kier alpha value is -0.830. The average Bonchev–Trinajstić information content (AvgIpc) is 2.30. The first-order valence-corrected chi connectivity index (χ1v) is 7.09. The van der Waals surface area contributed by atoms with Crippen LogP contribution in [0.5, 0.6) is 0 Å². The van der Waals surface area contributed by atoms with Crippen LogP contribution in [-0.4, -0.2) is 18.1 Å². The van der Waals surface area contributed by atoms with Crippen molar-refractivity contribution in [2.24, 2.45) is 5.92 Å². The number of anilines is 2. The summed E-state index contributed by atoms with van der Waals surface area (Å²) >= 11 is 2.07. The van der Waals surface area contributed by atoms with E-state index in [1.807, 2.05) is 12.1 Å². The molecule has 2 nitrogen and oxygen atoms in total. The lowest BCUT2D eigenvalue weighted by atomic mass is 10.0. The van der Waals surface area contributed by atoms with Crippen molar-refractivity contribution in [3.05, 3.63) is 23.8 Å². The maximum atomic E-state index is 5.97. The van der Waals surface area contributed by atoms with Gasteiger partial charge in [0, 0.05) is 6.54 Å². The number of hydrogen-bond acceptors (Lipinski definition) is 3. The smallest absolute Gasteiger partial charge is 0.0603 e. The third-order valence-corrected chi connectivity index (χ3v) is 4.26. The number of rotatable bonds is 3. The van der Waals surface area contributed by atoms with Gasteiger partial charge < -0.3 is 11.1 Å². The molecule has 1 aliphatic heterocycles. The number of nitrogens with one attached hydrogen (secondary N) is 1. The minimum Gasteiger partial charge on any atom is -0.397 e. The van der Waals surface area contributed by atoms with E-state index in [2.05, 4.69) is 30.1 Å². The van der Waals surface area contributed by atoms with Gasteiger partial charge in [-0.25, -0.2) is 0 Å². The Morgan fingerprint density at radius 1 is 1.38 bits per heavy atom. The van der Waals surface area contributed by atoms with Gasteiger partial charge in [-0.3, -0.25) is 0 Å². The molecule has 1 aromatic rings. The van der Waals surface area contributed by atoms with Gasteiger partial charge in [-0.15, -0.1) is 0 Å². The van der Waals surface area contributed by atoms with E-state index in [0.29, 0.717) is 0 Å². The van der Waals surface area contributed by atoms with Gasteiger partial charge in [-0.2, -0.15) is 11.8 Å². The summed E-state index contributed by atoms with van der Waals surface area (Å²) in [5.74, 6) is 3.45. The highest BCUT2D eigenvalue weighted by atomic mass is 32.2. The van der Waals surface area contributed by atoms with E-state index in [-0.39, 0.29) is 0 Å². The summed E-state index contributed by atoms with van der Waals surface area (Å²) in [6.45, 7) is 3.17. The van der Waals surface area contributed by atoms with Crippen molar-refractivity contribution in [2.45, 2.75) is 19.8 Å². The fourth-order valence-corrected chi connectivity index (χ4v) is 3.33. The summed E-state index contributed by atoms with van der Waals surface area (Å²) in [4.78, 5) is 0. The molecular formula is C13H20N2S. The first-order valence-electron chi connectivity index (χ1n) is 5.94. The normalized spacial score (nSPS) is 17.3. The molecule has 3 N–H and O–H groups in total. The lowest BCUT2D eigenvalue weighted by molar-refractivity contribution is 0.516. The number of benzene rings is 1. The van der Waals surface area contributed by atoms with E-state index in [0.717, 1.165) is 23.8 Å². The molecule has 0 atom stereocenters. The van der Waals surface area contributed by atoms with Crippen LogP contribution in [0, 0.1) is 12.8 Å². The zero-order chi connectivity index (χ0) is 11.4. The van der Waals surface area contributed by atoms with Gasteiger partial charge in [0.1, 0.15) is 0 Å². The first kappa shape index (κ1) is 11.6. The Labute approximate surface area is 102 Å². The Bertz CT molecular complexity index is 326. The third kappa shape index (κ3) is 2.85. The highest BCUT2D eigenvalue weighted by Crippen LogP contribution is 2.26. The quantitative estimate of drug-likeness (QED) is 0.792. The fourth-order valence-electron chi connectivity index (χ4n) is 2.13. The van der Waals surface area contributed by atoms with Crippen molar-refractivity contribution < 1.29 is 0 Å². The zero-order valence-electron chi connectivity index (χ0n) is 9.83. The molecule has 1 aliphatic rings. The Balaban J connectivity index is 1.93. The van der Waals surface area contributed by atoms with Crippen LogP contribution >= 0.6 is 11.8 Å². The van der Waals surface area contributed by atoms with Gasteiger partial charge >= 0.3 is 0 Å². The van der Waals surface area contributed by atoms with Gasteiger partial charge in [0.05, 0.1) is 11.4 Å². The summed E-state index contributed by atoms with van der Waals surface area (Å²) in [5, 5.41) is 3.52. The van der Waals surface area contributed by atoms with E-state index in [4.69, 9.17) is 5.73 Å². The summed E-state index contributed by atoms with van der Waals surface area (Å²) in [5.41, 5.74) is 9.20. The predicted octanol–water partition coefficient (Wildman–Crippen LogP) is 3.13. The Morgan fingerprint density at radius 2 is 2.12 bits per heavy atom. The summed E-state index contributed by atoms with van der Waals surface area (Å²) in [6.07, 6.45) is 2.67. The number of thioether (sulfide) groups is 1. The minimum atomic E-state index is 0.820. The van der Waals surface area contributed by atoms with Crippen molar-refractivity contribution in [3.8, 4) is 0 Å². The largest absolute Gasteiger partial charge is 0.397 e. The molecule has 0 unspecified atom stereocenters. The first-order chi connectivity index (χ1) is 7.77. The van der Waals surface area contributed by atoms with Crippen LogP contribution in [0.2, 0.25) is 0 Å². The van der Waals surface area contributed by atoms with Gasteiger partial charge in [0.25, 0.3) is 0 Å². The van der Waals surface area contributed by atoms with Crippen molar-refractivity contribution in [1.29, 1.82) is 0 Å². The molecule has 1 heterocycles. The number of hydrogen-bond donors (Lipinski definition) is 2. The minimum absolute atomic E-state index is 0.820. The maximum absolute atomic E-state index is 5.97. The highest BCUT2D eigenvalue weighted by Gasteiger charge is 2.14. The lowest BCUT2D eigenvalue weighted by Crippen LogP contribution is -2.19.